The van der Waals surface area contributed by atoms with Gasteiger partial charge in [0.05, 0.1) is 0 Å². The maximum atomic E-state index is 13.0. The summed E-state index contributed by atoms with van der Waals surface area (Å²) in [5, 5.41) is 16.3. The lowest BCUT2D eigenvalue weighted by Crippen LogP contribution is -2.40. The standard InChI is InChI=1S/C38H48N8O8/c1-36(2,3)52-33(49)44-31(39-10)42-27-19-15-25(16-20-27)40-29(47)23-11-13-24(14-12-23)30(48)41-26-17-21-28(22-18-26)43-32(45-34(50)53-37(4,5)6)46-35(51)54-38(7,8)9/h11-22H,1-10H3,(H,40,47)(H,41,48)(H2,39,42,44,49)(H2,43,45,46,50,51). The summed E-state index contributed by atoms with van der Waals surface area (Å²) in [6, 6.07) is 19.3. The van der Waals surface area contributed by atoms with Crippen LogP contribution in [-0.4, -0.2) is 65.9 Å². The van der Waals surface area contributed by atoms with Gasteiger partial charge in [0.15, 0.2) is 0 Å². The van der Waals surface area contributed by atoms with Crippen molar-refractivity contribution >= 4 is 64.8 Å². The maximum Gasteiger partial charge on any atom is 0.437 e. The highest BCUT2D eigenvalue weighted by atomic mass is 16.6. The van der Waals surface area contributed by atoms with Crippen LogP contribution < -0.4 is 31.9 Å². The van der Waals surface area contributed by atoms with E-state index in [1.165, 1.54) is 31.3 Å². The van der Waals surface area contributed by atoms with E-state index >= 15 is 0 Å². The normalized spacial score (nSPS) is 12.1. The van der Waals surface area contributed by atoms with E-state index in [9.17, 15) is 24.0 Å². The largest absolute Gasteiger partial charge is 0.444 e. The number of carbonyl (C=O) groups excluding carboxylic acids is 5. The molecule has 0 bridgehead atoms. The third kappa shape index (κ3) is 15.4. The molecule has 288 valence electrons. The van der Waals surface area contributed by atoms with Crippen LogP contribution in [0.3, 0.4) is 0 Å². The van der Waals surface area contributed by atoms with Gasteiger partial charge in [-0.3, -0.25) is 25.2 Å². The number of amides is 5. The van der Waals surface area contributed by atoms with Crippen molar-refractivity contribution in [2.24, 2.45) is 9.98 Å². The highest BCUT2D eigenvalue weighted by Gasteiger charge is 2.21. The van der Waals surface area contributed by atoms with E-state index in [-0.39, 0.29) is 17.8 Å². The van der Waals surface area contributed by atoms with Gasteiger partial charge in [0, 0.05) is 40.9 Å². The van der Waals surface area contributed by atoms with Crippen molar-refractivity contribution in [2.75, 3.05) is 28.3 Å². The summed E-state index contributed by atoms with van der Waals surface area (Å²) in [6.07, 6.45) is -2.41. The number of hydrogen-bond acceptors (Lipinski definition) is 9. The monoisotopic (exact) mass is 744 g/mol. The van der Waals surface area contributed by atoms with Gasteiger partial charge in [-0.1, -0.05) is 0 Å². The number of ether oxygens (including phenoxy) is 3. The molecule has 0 saturated heterocycles. The van der Waals surface area contributed by atoms with Gasteiger partial charge < -0.3 is 35.5 Å². The summed E-state index contributed by atoms with van der Waals surface area (Å²) in [7, 11) is 1.51. The molecular formula is C38H48N8O8. The van der Waals surface area contributed by atoms with Gasteiger partial charge in [-0.05, 0) is 135 Å². The number of rotatable bonds is 6. The van der Waals surface area contributed by atoms with Crippen LogP contribution in [0.5, 0.6) is 0 Å². The quantitative estimate of drug-likeness (QED) is 0.0840. The second-order valence-corrected chi connectivity index (χ2v) is 14.7. The van der Waals surface area contributed by atoms with Crippen molar-refractivity contribution in [2.45, 2.75) is 79.1 Å². The van der Waals surface area contributed by atoms with Crippen molar-refractivity contribution < 1.29 is 38.2 Å². The number of alkyl carbamates (subject to hydrolysis) is 2. The van der Waals surface area contributed by atoms with Crippen molar-refractivity contribution in [1.29, 1.82) is 0 Å². The number of guanidine groups is 2. The lowest BCUT2D eigenvalue weighted by Gasteiger charge is -2.21. The summed E-state index contributed by atoms with van der Waals surface area (Å²) >= 11 is 0. The molecule has 0 unspecified atom stereocenters. The van der Waals surface area contributed by atoms with Crippen LogP contribution in [0.1, 0.15) is 83.0 Å². The summed E-state index contributed by atoms with van der Waals surface area (Å²) in [4.78, 5) is 70.5. The molecule has 0 saturated carbocycles. The summed E-state index contributed by atoms with van der Waals surface area (Å²) in [6.45, 7) is 15.4. The molecular weight excluding hydrogens is 696 g/mol. The fourth-order valence-corrected chi connectivity index (χ4v) is 4.13. The zero-order valence-corrected chi connectivity index (χ0v) is 32.1. The van der Waals surface area contributed by atoms with Gasteiger partial charge in [0.1, 0.15) is 16.8 Å². The van der Waals surface area contributed by atoms with Gasteiger partial charge >= 0.3 is 18.3 Å². The third-order valence-electron chi connectivity index (χ3n) is 6.28. The summed E-state index contributed by atoms with van der Waals surface area (Å²) in [5.41, 5.74) is 0.391. The molecule has 0 aliphatic rings. The van der Waals surface area contributed by atoms with Gasteiger partial charge in [0.2, 0.25) is 11.9 Å². The fourth-order valence-electron chi connectivity index (χ4n) is 4.13. The topological polar surface area (TPSA) is 210 Å². The van der Waals surface area contributed by atoms with Crippen LogP contribution in [0.15, 0.2) is 82.8 Å². The first-order valence-corrected chi connectivity index (χ1v) is 16.8. The molecule has 0 aliphatic carbocycles. The molecule has 16 nitrogen and oxygen atoms in total. The van der Waals surface area contributed by atoms with Crippen LogP contribution in [0.2, 0.25) is 0 Å². The van der Waals surface area contributed by atoms with Crippen molar-refractivity contribution in [3.05, 3.63) is 83.9 Å². The number of benzene rings is 3. The minimum atomic E-state index is -0.927. The molecule has 54 heavy (non-hydrogen) atoms. The lowest BCUT2D eigenvalue weighted by atomic mass is 10.1. The third-order valence-corrected chi connectivity index (χ3v) is 6.28. The number of anilines is 4. The Bertz CT molecular complexity index is 1870. The van der Waals surface area contributed by atoms with Crippen LogP contribution in [0.4, 0.5) is 37.1 Å². The summed E-state index contributed by atoms with van der Waals surface area (Å²) < 4.78 is 15.7. The molecule has 0 fully saturated rings. The van der Waals surface area contributed by atoms with Crippen LogP contribution in [-0.2, 0) is 14.2 Å². The van der Waals surface area contributed by atoms with Crippen molar-refractivity contribution in [1.82, 2.24) is 10.6 Å². The van der Waals surface area contributed by atoms with E-state index in [2.05, 4.69) is 41.9 Å². The first-order chi connectivity index (χ1) is 25.1. The average Bonchev–Trinajstić information content (AvgIpc) is 3.03. The van der Waals surface area contributed by atoms with Crippen LogP contribution in [0, 0.1) is 0 Å². The second-order valence-electron chi connectivity index (χ2n) is 14.7. The predicted molar refractivity (Wildman–Crippen MR) is 208 cm³/mol. The Morgan fingerprint density at radius 2 is 0.778 bits per heavy atom. The molecule has 3 aromatic rings. The zero-order chi connectivity index (χ0) is 40.3. The predicted octanol–water partition coefficient (Wildman–Crippen LogP) is 7.34. The second kappa shape index (κ2) is 17.9. The number of hydrogen-bond donors (Lipinski definition) is 6. The van der Waals surface area contributed by atoms with Crippen molar-refractivity contribution in [3.63, 3.8) is 0 Å². The fraction of sp³-hybridized carbons (Fsp3) is 0.342. The highest BCUT2D eigenvalue weighted by Crippen LogP contribution is 2.18. The van der Waals surface area contributed by atoms with Gasteiger partial charge in [-0.25, -0.2) is 14.4 Å². The Labute approximate surface area is 314 Å². The maximum absolute atomic E-state index is 13.0. The van der Waals surface area contributed by atoms with Gasteiger partial charge in [-0.2, -0.15) is 0 Å². The molecule has 0 aliphatic heterocycles. The molecule has 0 heterocycles. The smallest absolute Gasteiger partial charge is 0.437 e. The lowest BCUT2D eigenvalue weighted by molar-refractivity contribution is 0.0548. The molecule has 0 spiro atoms. The molecule has 0 radical (unpaired) electrons. The molecule has 6 N–H and O–H groups in total. The number of nitrogens with zero attached hydrogens (tertiary/aromatic N) is 2. The zero-order valence-electron chi connectivity index (χ0n) is 32.1. The SMILES string of the molecule is CN=C(NC(=O)OC(C)(C)C)Nc1ccc(NC(=O)c2ccc(C(=O)Nc3ccc(N/C(=N/C(=O)OC(C)(C)C)NC(=O)OC(C)(C)C)cc3)cc2)cc1. The van der Waals surface area contributed by atoms with Crippen molar-refractivity contribution in [3.8, 4) is 0 Å². The molecule has 16 heteroatoms. The molecule has 3 rings (SSSR count). The van der Waals surface area contributed by atoms with Gasteiger partial charge in [0.25, 0.3) is 11.8 Å². The van der Waals surface area contributed by atoms with E-state index in [4.69, 9.17) is 14.2 Å². The van der Waals surface area contributed by atoms with E-state index in [1.54, 1.807) is 111 Å². The molecule has 5 amide bonds. The van der Waals surface area contributed by atoms with E-state index in [1.807, 2.05) is 0 Å². The first-order valence-electron chi connectivity index (χ1n) is 16.8. The molecule has 0 atom stereocenters. The number of carbonyl (C=O) groups is 5. The number of nitrogens with one attached hydrogen (secondary N) is 6. The number of aliphatic imine (C=N–C) groups is 2. The van der Waals surface area contributed by atoms with Crippen LogP contribution >= 0.6 is 0 Å². The Kier molecular flexibility index (Phi) is 13.9. The Hall–Kier alpha value is -6.45. The summed E-state index contributed by atoms with van der Waals surface area (Å²) in [5.74, 6) is -0.840. The van der Waals surface area contributed by atoms with Gasteiger partial charge in [-0.15, -0.1) is 4.99 Å². The Morgan fingerprint density at radius 3 is 1.11 bits per heavy atom. The van der Waals surface area contributed by atoms with E-state index < -0.39 is 41.0 Å². The molecule has 3 aromatic carbocycles. The highest BCUT2D eigenvalue weighted by molar-refractivity contribution is 6.08. The Morgan fingerprint density at radius 1 is 0.463 bits per heavy atom. The van der Waals surface area contributed by atoms with E-state index in [0.29, 0.717) is 33.9 Å². The molecule has 0 aromatic heterocycles. The average molecular weight is 745 g/mol. The Balaban J connectivity index is 1.58. The minimum Gasteiger partial charge on any atom is -0.444 e. The first kappa shape index (κ1) is 42.0. The minimum absolute atomic E-state index is 0.185. The van der Waals surface area contributed by atoms with E-state index in [0.717, 1.165) is 0 Å². The van der Waals surface area contributed by atoms with Crippen LogP contribution in [0.25, 0.3) is 0 Å².